The number of anilines is 1. The van der Waals surface area contributed by atoms with Crippen molar-refractivity contribution in [2.24, 2.45) is 0 Å². The van der Waals surface area contributed by atoms with Crippen LogP contribution in [0.2, 0.25) is 0 Å². The van der Waals surface area contributed by atoms with Gasteiger partial charge >= 0.3 is 0 Å². The van der Waals surface area contributed by atoms with Gasteiger partial charge in [0.2, 0.25) is 0 Å². The Morgan fingerprint density at radius 1 is 1.08 bits per heavy atom. The second-order valence-electron chi connectivity index (χ2n) is 8.55. The van der Waals surface area contributed by atoms with Crippen molar-refractivity contribution in [2.75, 3.05) is 38.8 Å². The summed E-state index contributed by atoms with van der Waals surface area (Å²) in [5.74, 6) is 1.72. The van der Waals surface area contributed by atoms with Gasteiger partial charge in [0, 0.05) is 25.8 Å². The lowest BCUT2D eigenvalue weighted by atomic mass is 10.1. The fraction of sp³-hybridized carbons (Fsp3) is 0.308. The number of nitrogens with zero attached hydrogens (tertiary/aromatic N) is 4. The van der Waals surface area contributed by atoms with E-state index >= 15 is 0 Å². The molecule has 186 valence electrons. The van der Waals surface area contributed by atoms with Crippen molar-refractivity contribution in [3.8, 4) is 11.5 Å². The number of methoxy groups -OCH3 is 2. The van der Waals surface area contributed by atoms with Gasteiger partial charge < -0.3 is 14.4 Å². The molecular weight excluding hydrogens is 496 g/mol. The minimum absolute atomic E-state index is 0.196. The van der Waals surface area contributed by atoms with Gasteiger partial charge in [-0.05, 0) is 55.2 Å². The fourth-order valence-corrected chi connectivity index (χ4v) is 5.78. The molecule has 2 aromatic heterocycles. The number of carbonyl (C=O) groups excluding carboxylic acids is 1. The van der Waals surface area contributed by atoms with Gasteiger partial charge in [-0.3, -0.25) is 18.9 Å². The molecule has 5 rings (SSSR count). The van der Waals surface area contributed by atoms with Crippen molar-refractivity contribution in [3.05, 3.63) is 69.0 Å². The number of ether oxygens (including phenoxy) is 2. The van der Waals surface area contributed by atoms with E-state index in [0.717, 1.165) is 31.5 Å². The molecule has 2 fully saturated rings. The number of hydrogen-bond donors (Lipinski definition) is 0. The summed E-state index contributed by atoms with van der Waals surface area (Å²) in [6.07, 6.45) is 6.06. The summed E-state index contributed by atoms with van der Waals surface area (Å²) in [7, 11) is 3.19. The van der Waals surface area contributed by atoms with E-state index in [-0.39, 0.29) is 11.5 Å². The van der Waals surface area contributed by atoms with Crippen LogP contribution in [0.25, 0.3) is 11.7 Å². The highest BCUT2D eigenvalue weighted by Crippen LogP contribution is 2.34. The highest BCUT2D eigenvalue weighted by molar-refractivity contribution is 8.26. The number of amides is 1. The predicted molar refractivity (Wildman–Crippen MR) is 146 cm³/mol. The molecule has 0 aliphatic carbocycles. The van der Waals surface area contributed by atoms with Crippen LogP contribution in [0, 0.1) is 0 Å². The summed E-state index contributed by atoms with van der Waals surface area (Å²) in [5, 5.41) is 0. The molecular formula is C26H26N4O4S2. The van der Waals surface area contributed by atoms with Gasteiger partial charge in [-0.25, -0.2) is 4.98 Å². The minimum atomic E-state index is -0.199. The van der Waals surface area contributed by atoms with Crippen LogP contribution < -0.4 is 19.9 Å². The first-order valence-electron chi connectivity index (χ1n) is 11.7. The summed E-state index contributed by atoms with van der Waals surface area (Å²) < 4.78 is 12.7. The number of rotatable bonds is 7. The van der Waals surface area contributed by atoms with E-state index in [4.69, 9.17) is 26.7 Å². The molecule has 2 aliphatic heterocycles. The number of carbonyl (C=O) groups is 1. The number of hydrogen-bond acceptors (Lipinski definition) is 8. The third-order valence-corrected chi connectivity index (χ3v) is 7.75. The first-order valence-corrected chi connectivity index (χ1v) is 12.9. The lowest BCUT2D eigenvalue weighted by Gasteiger charge is -2.19. The third-order valence-electron chi connectivity index (χ3n) is 6.38. The molecule has 0 atom stereocenters. The first-order chi connectivity index (χ1) is 17.5. The van der Waals surface area contributed by atoms with Gasteiger partial charge in [0.1, 0.15) is 15.8 Å². The molecule has 3 aromatic rings. The summed E-state index contributed by atoms with van der Waals surface area (Å²) in [4.78, 5) is 35.7. The van der Waals surface area contributed by atoms with Crippen LogP contribution in [0.5, 0.6) is 11.5 Å². The van der Waals surface area contributed by atoms with E-state index in [1.54, 1.807) is 37.5 Å². The quantitative estimate of drug-likeness (QED) is 0.343. The summed E-state index contributed by atoms with van der Waals surface area (Å²) in [6, 6.07) is 11.2. The Kier molecular flexibility index (Phi) is 6.97. The van der Waals surface area contributed by atoms with Crippen molar-refractivity contribution in [1.29, 1.82) is 0 Å². The largest absolute Gasteiger partial charge is 0.493 e. The van der Waals surface area contributed by atoms with Crippen LogP contribution >= 0.6 is 24.0 Å². The second kappa shape index (κ2) is 10.3. The number of benzene rings is 1. The molecule has 36 heavy (non-hydrogen) atoms. The zero-order valence-corrected chi connectivity index (χ0v) is 21.7. The maximum atomic E-state index is 13.4. The Balaban J connectivity index is 1.43. The van der Waals surface area contributed by atoms with E-state index in [1.807, 2.05) is 30.3 Å². The zero-order valence-electron chi connectivity index (χ0n) is 20.1. The van der Waals surface area contributed by atoms with Gasteiger partial charge in [-0.1, -0.05) is 36.1 Å². The highest BCUT2D eigenvalue weighted by Gasteiger charge is 2.33. The summed E-state index contributed by atoms with van der Waals surface area (Å²) in [6.45, 7) is 2.09. The van der Waals surface area contributed by atoms with E-state index in [1.165, 1.54) is 16.2 Å². The van der Waals surface area contributed by atoms with Crippen LogP contribution in [-0.4, -0.2) is 58.4 Å². The number of thioether (sulfide) groups is 1. The van der Waals surface area contributed by atoms with Crippen molar-refractivity contribution in [2.45, 2.75) is 19.3 Å². The third kappa shape index (κ3) is 4.58. The van der Waals surface area contributed by atoms with Crippen molar-refractivity contribution in [1.82, 2.24) is 14.3 Å². The van der Waals surface area contributed by atoms with E-state index in [9.17, 15) is 9.59 Å². The normalized spacial score (nSPS) is 17.0. The van der Waals surface area contributed by atoms with Gasteiger partial charge in [0.15, 0.2) is 11.5 Å². The smallest absolute Gasteiger partial charge is 0.267 e. The topological polar surface area (TPSA) is 76.4 Å². The van der Waals surface area contributed by atoms with Gasteiger partial charge in [0.05, 0.1) is 24.7 Å². The minimum Gasteiger partial charge on any atom is -0.493 e. The molecule has 2 saturated heterocycles. The molecule has 0 spiro atoms. The van der Waals surface area contributed by atoms with Crippen LogP contribution in [0.15, 0.2) is 52.3 Å². The van der Waals surface area contributed by atoms with Crippen molar-refractivity contribution < 1.29 is 14.3 Å². The highest BCUT2D eigenvalue weighted by atomic mass is 32.2. The van der Waals surface area contributed by atoms with Crippen molar-refractivity contribution >= 4 is 51.7 Å². The molecule has 10 heteroatoms. The monoisotopic (exact) mass is 522 g/mol. The van der Waals surface area contributed by atoms with Gasteiger partial charge in [-0.2, -0.15) is 0 Å². The summed E-state index contributed by atoms with van der Waals surface area (Å²) >= 11 is 6.76. The molecule has 1 amide bonds. The van der Waals surface area contributed by atoms with E-state index in [0.29, 0.717) is 50.7 Å². The number of pyridine rings is 1. The number of aromatic nitrogens is 2. The zero-order chi connectivity index (χ0) is 25.2. The lowest BCUT2D eigenvalue weighted by molar-refractivity contribution is -0.122. The molecule has 0 radical (unpaired) electrons. The van der Waals surface area contributed by atoms with Crippen LogP contribution in [0.3, 0.4) is 0 Å². The van der Waals surface area contributed by atoms with E-state index < -0.39 is 0 Å². The first kappa shape index (κ1) is 24.3. The van der Waals surface area contributed by atoms with Gasteiger partial charge in [0.25, 0.3) is 11.5 Å². The molecule has 0 N–H and O–H groups in total. The fourth-order valence-electron chi connectivity index (χ4n) is 4.49. The Morgan fingerprint density at radius 2 is 1.86 bits per heavy atom. The number of thiocarbonyl (C=S) groups is 1. The number of fused-ring (bicyclic) bond motifs is 1. The SMILES string of the molecule is COc1ccc(CCN2C(=O)C(=Cc3c(N4CCCC4)nc4ccccn4c3=O)SC2=S)cc1OC. The maximum Gasteiger partial charge on any atom is 0.267 e. The van der Waals surface area contributed by atoms with E-state index in [2.05, 4.69) is 4.90 Å². The Hall–Kier alpha value is -3.37. The van der Waals surface area contributed by atoms with Crippen LogP contribution in [-0.2, 0) is 11.2 Å². The van der Waals surface area contributed by atoms with Crippen molar-refractivity contribution in [3.63, 3.8) is 0 Å². The molecule has 4 heterocycles. The Morgan fingerprint density at radius 3 is 2.61 bits per heavy atom. The average Bonchev–Trinajstić information content (AvgIpc) is 3.52. The molecule has 8 nitrogen and oxygen atoms in total. The molecule has 0 saturated carbocycles. The molecule has 1 aromatic carbocycles. The lowest BCUT2D eigenvalue weighted by Crippen LogP contribution is -2.30. The second-order valence-corrected chi connectivity index (χ2v) is 10.2. The van der Waals surface area contributed by atoms with Crippen LogP contribution in [0.4, 0.5) is 5.82 Å². The Labute approximate surface area is 218 Å². The Bertz CT molecular complexity index is 1430. The predicted octanol–water partition coefficient (Wildman–Crippen LogP) is 3.76. The maximum absolute atomic E-state index is 13.4. The molecule has 0 unspecified atom stereocenters. The summed E-state index contributed by atoms with van der Waals surface area (Å²) in [5.41, 5.74) is 1.81. The average molecular weight is 523 g/mol. The standard InChI is InChI=1S/C26H26N4O4S2/c1-33-19-9-8-17(15-20(19)34-2)10-14-30-25(32)21(36-26(30)35)16-18-23(28-11-5-6-12-28)27-22-7-3-4-13-29(22)24(18)31/h3-4,7-9,13,15-16H,5-6,10-12,14H2,1-2H3. The molecule has 2 aliphatic rings. The molecule has 0 bridgehead atoms. The van der Waals surface area contributed by atoms with Gasteiger partial charge in [-0.15, -0.1) is 0 Å². The van der Waals surface area contributed by atoms with Crippen LogP contribution in [0.1, 0.15) is 24.0 Å².